The molecule has 1 aromatic rings. The van der Waals surface area contributed by atoms with Crippen LogP contribution >= 0.6 is 0 Å². The van der Waals surface area contributed by atoms with E-state index >= 15 is 0 Å². The summed E-state index contributed by atoms with van der Waals surface area (Å²) in [6, 6.07) is 6.25. The zero-order valence-electron chi connectivity index (χ0n) is 15.2. The molecule has 26 heavy (non-hydrogen) atoms. The number of carbonyl (C=O) groups is 1. The predicted molar refractivity (Wildman–Crippen MR) is 98.6 cm³/mol. The van der Waals surface area contributed by atoms with Crippen LogP contribution in [0.25, 0.3) is 0 Å². The minimum atomic E-state index is -3.56. The van der Waals surface area contributed by atoms with E-state index in [4.69, 9.17) is 4.74 Å². The van der Waals surface area contributed by atoms with Gasteiger partial charge in [-0.2, -0.15) is 0 Å². The van der Waals surface area contributed by atoms with E-state index < -0.39 is 10.0 Å². The van der Waals surface area contributed by atoms with E-state index in [1.54, 1.807) is 24.0 Å². The van der Waals surface area contributed by atoms with Gasteiger partial charge >= 0.3 is 0 Å². The maximum Gasteiger partial charge on any atom is 0.253 e. The molecular weight excluding hydrogens is 354 g/mol. The number of carbonyl (C=O) groups excluding carboxylic acids is 1. The van der Waals surface area contributed by atoms with Gasteiger partial charge in [-0.25, -0.2) is 13.1 Å². The van der Waals surface area contributed by atoms with Crippen molar-refractivity contribution >= 4 is 15.9 Å². The fraction of sp³-hybridized carbons (Fsp3) is 0.611. The monoisotopic (exact) mass is 381 g/mol. The van der Waals surface area contributed by atoms with E-state index in [1.165, 1.54) is 12.1 Å². The van der Waals surface area contributed by atoms with Crippen molar-refractivity contribution in [1.82, 2.24) is 14.5 Å². The fourth-order valence-electron chi connectivity index (χ4n) is 3.46. The smallest absolute Gasteiger partial charge is 0.253 e. The van der Waals surface area contributed by atoms with Gasteiger partial charge in [0.05, 0.1) is 11.0 Å². The first-order chi connectivity index (χ1) is 12.5. The molecule has 2 aliphatic heterocycles. The summed E-state index contributed by atoms with van der Waals surface area (Å²) in [5, 5.41) is 0. The van der Waals surface area contributed by atoms with Crippen LogP contribution < -0.4 is 4.72 Å². The van der Waals surface area contributed by atoms with Crippen molar-refractivity contribution in [2.45, 2.75) is 30.8 Å². The molecule has 1 N–H and O–H groups in total. The van der Waals surface area contributed by atoms with Gasteiger partial charge in [-0.15, -0.1) is 0 Å². The summed E-state index contributed by atoms with van der Waals surface area (Å²) in [6.45, 7) is 6.76. The molecule has 7 nitrogen and oxygen atoms in total. The van der Waals surface area contributed by atoms with Crippen molar-refractivity contribution in [3.63, 3.8) is 0 Å². The zero-order valence-corrected chi connectivity index (χ0v) is 16.0. The number of hydrogen-bond donors (Lipinski definition) is 1. The number of rotatable bonds is 6. The van der Waals surface area contributed by atoms with Crippen molar-refractivity contribution in [1.29, 1.82) is 0 Å². The lowest BCUT2D eigenvalue weighted by molar-refractivity contribution is 0.0432. The van der Waals surface area contributed by atoms with Crippen LogP contribution in [0.3, 0.4) is 0 Å². The molecule has 1 unspecified atom stereocenters. The summed E-state index contributed by atoms with van der Waals surface area (Å²) in [7, 11) is -3.56. The number of amides is 1. The second kappa shape index (κ2) is 8.47. The maximum absolute atomic E-state index is 12.8. The van der Waals surface area contributed by atoms with Crippen molar-refractivity contribution in [3.05, 3.63) is 29.8 Å². The van der Waals surface area contributed by atoms with E-state index in [1.807, 2.05) is 0 Å². The highest BCUT2D eigenvalue weighted by molar-refractivity contribution is 7.89. The third-order valence-corrected chi connectivity index (χ3v) is 6.41. The lowest BCUT2D eigenvalue weighted by Gasteiger charge is -2.35. The molecule has 1 aromatic carbocycles. The molecule has 0 saturated carbocycles. The molecule has 0 radical (unpaired) electrons. The van der Waals surface area contributed by atoms with Gasteiger partial charge in [0, 0.05) is 51.4 Å². The fourth-order valence-corrected chi connectivity index (χ4v) is 4.55. The van der Waals surface area contributed by atoms with Crippen LogP contribution in [0.2, 0.25) is 0 Å². The van der Waals surface area contributed by atoms with Gasteiger partial charge in [0.1, 0.15) is 0 Å². The highest BCUT2D eigenvalue weighted by Crippen LogP contribution is 2.17. The van der Waals surface area contributed by atoms with Crippen molar-refractivity contribution in [2.75, 3.05) is 45.9 Å². The minimum Gasteiger partial charge on any atom is -0.377 e. The Hall–Kier alpha value is -1.48. The number of ether oxygens (including phenoxy) is 1. The highest BCUT2D eigenvalue weighted by atomic mass is 32.2. The number of hydrogen-bond acceptors (Lipinski definition) is 5. The number of piperazine rings is 1. The summed E-state index contributed by atoms with van der Waals surface area (Å²) < 4.78 is 32.4. The van der Waals surface area contributed by atoms with Crippen molar-refractivity contribution in [2.24, 2.45) is 0 Å². The molecule has 1 atom stereocenters. The Morgan fingerprint density at radius 2 is 2.04 bits per heavy atom. The average Bonchev–Trinajstić information content (AvgIpc) is 3.15. The molecule has 0 bridgehead atoms. The van der Waals surface area contributed by atoms with E-state index in [-0.39, 0.29) is 10.8 Å². The normalized spacial score (nSPS) is 21.9. The zero-order chi connectivity index (χ0) is 18.6. The maximum atomic E-state index is 12.8. The van der Waals surface area contributed by atoms with Gasteiger partial charge in [-0.3, -0.25) is 9.69 Å². The van der Waals surface area contributed by atoms with Crippen LogP contribution in [0.15, 0.2) is 29.2 Å². The van der Waals surface area contributed by atoms with Gasteiger partial charge in [0.25, 0.3) is 5.91 Å². The van der Waals surface area contributed by atoms with Crippen molar-refractivity contribution in [3.8, 4) is 0 Å². The number of benzene rings is 1. The molecule has 1 amide bonds. The van der Waals surface area contributed by atoms with Crippen LogP contribution in [0.4, 0.5) is 0 Å². The molecule has 2 saturated heterocycles. The largest absolute Gasteiger partial charge is 0.377 e. The van der Waals surface area contributed by atoms with Gasteiger partial charge < -0.3 is 9.64 Å². The molecule has 0 aliphatic carbocycles. The van der Waals surface area contributed by atoms with Gasteiger partial charge in [-0.05, 0) is 31.0 Å². The molecule has 8 heteroatoms. The second-order valence-electron chi connectivity index (χ2n) is 6.76. The Balaban J connectivity index is 1.60. The number of nitrogens with zero attached hydrogens (tertiary/aromatic N) is 2. The first-order valence-electron chi connectivity index (χ1n) is 9.22. The number of nitrogens with one attached hydrogen (secondary N) is 1. The molecular formula is C18H27N3O4S. The summed E-state index contributed by atoms with van der Waals surface area (Å²) in [5.74, 6) is -0.115. The first kappa shape index (κ1) is 19.3. The van der Waals surface area contributed by atoms with Crippen LogP contribution in [0.5, 0.6) is 0 Å². The molecule has 0 spiro atoms. The Kier molecular flexibility index (Phi) is 6.29. The van der Waals surface area contributed by atoms with Crippen LogP contribution in [-0.2, 0) is 14.8 Å². The standard InChI is InChI=1S/C18H27N3O4S/c1-2-19-26(23,24)17-7-3-5-15(13-17)18(22)21-10-8-20(9-11-21)14-16-6-4-12-25-16/h3,5,7,13,16,19H,2,4,6,8-12,14H2,1H3. The Bertz CT molecular complexity index is 724. The molecule has 2 fully saturated rings. The topological polar surface area (TPSA) is 79.0 Å². The van der Waals surface area contributed by atoms with Crippen LogP contribution in [-0.4, -0.2) is 76.1 Å². The summed E-state index contributed by atoms with van der Waals surface area (Å²) in [5.41, 5.74) is 0.413. The third kappa shape index (κ3) is 4.62. The summed E-state index contributed by atoms with van der Waals surface area (Å²) in [4.78, 5) is 17.0. The summed E-state index contributed by atoms with van der Waals surface area (Å²) >= 11 is 0. The SMILES string of the molecule is CCNS(=O)(=O)c1cccc(C(=O)N2CCN(CC3CCCO3)CC2)c1. The van der Waals surface area contributed by atoms with E-state index in [2.05, 4.69) is 9.62 Å². The third-order valence-electron chi connectivity index (χ3n) is 4.87. The molecule has 0 aromatic heterocycles. The van der Waals surface area contributed by atoms with Crippen molar-refractivity contribution < 1.29 is 17.9 Å². The molecule has 2 heterocycles. The van der Waals surface area contributed by atoms with Gasteiger partial charge in [-0.1, -0.05) is 13.0 Å². The number of sulfonamides is 1. The summed E-state index contributed by atoms with van der Waals surface area (Å²) in [6.07, 6.45) is 2.58. The van der Waals surface area contributed by atoms with E-state index in [9.17, 15) is 13.2 Å². The first-order valence-corrected chi connectivity index (χ1v) is 10.7. The highest BCUT2D eigenvalue weighted by Gasteiger charge is 2.26. The van der Waals surface area contributed by atoms with Gasteiger partial charge in [0.2, 0.25) is 10.0 Å². The molecule has 2 aliphatic rings. The quantitative estimate of drug-likeness (QED) is 0.793. The average molecular weight is 381 g/mol. The molecule has 3 rings (SSSR count). The minimum absolute atomic E-state index is 0.115. The van der Waals surface area contributed by atoms with Crippen LogP contribution in [0, 0.1) is 0 Å². The Labute approximate surface area is 155 Å². The Morgan fingerprint density at radius 1 is 1.27 bits per heavy atom. The predicted octanol–water partition coefficient (Wildman–Crippen LogP) is 0.922. The molecule has 144 valence electrons. The van der Waals surface area contributed by atoms with E-state index in [0.29, 0.717) is 31.3 Å². The van der Waals surface area contributed by atoms with Crippen LogP contribution in [0.1, 0.15) is 30.1 Å². The van der Waals surface area contributed by atoms with E-state index in [0.717, 1.165) is 39.1 Å². The second-order valence-corrected chi connectivity index (χ2v) is 8.52. The Morgan fingerprint density at radius 3 is 2.69 bits per heavy atom. The lowest BCUT2D eigenvalue weighted by Crippen LogP contribution is -2.50. The lowest BCUT2D eigenvalue weighted by atomic mass is 10.1. The van der Waals surface area contributed by atoms with Gasteiger partial charge in [0.15, 0.2) is 0 Å².